The Hall–Kier alpha value is -1.60. The molecule has 0 bridgehead atoms. The third-order valence-corrected chi connectivity index (χ3v) is 4.03. The van der Waals surface area contributed by atoms with E-state index in [0.29, 0.717) is 13.1 Å². The van der Waals surface area contributed by atoms with E-state index in [1.165, 1.54) is 12.1 Å². The van der Waals surface area contributed by atoms with Gasteiger partial charge in [-0.15, -0.1) is 0 Å². The van der Waals surface area contributed by atoms with Gasteiger partial charge < -0.3 is 10.2 Å². The summed E-state index contributed by atoms with van der Waals surface area (Å²) in [5, 5.41) is 7.90. The van der Waals surface area contributed by atoms with Gasteiger partial charge in [-0.3, -0.25) is 0 Å². The maximum Gasteiger partial charge on any atom is 0.317 e. The summed E-state index contributed by atoms with van der Waals surface area (Å²) in [6.45, 7) is 6.94. The lowest BCUT2D eigenvalue weighted by Gasteiger charge is -2.22. The molecule has 112 valence electrons. The van der Waals surface area contributed by atoms with E-state index >= 15 is 0 Å². The van der Waals surface area contributed by atoms with Crippen LogP contribution in [0.5, 0.6) is 0 Å². The Morgan fingerprint density at radius 2 is 1.75 bits per heavy atom. The van der Waals surface area contributed by atoms with Crippen molar-refractivity contribution in [1.29, 1.82) is 0 Å². The number of benzene rings is 1. The summed E-state index contributed by atoms with van der Waals surface area (Å²) in [7, 11) is -3.69. The van der Waals surface area contributed by atoms with Gasteiger partial charge in [0.05, 0.1) is 10.9 Å². The summed E-state index contributed by atoms with van der Waals surface area (Å²) < 4.78 is 22.3. The molecule has 1 atom stereocenters. The molecule has 0 aliphatic carbocycles. The van der Waals surface area contributed by atoms with Crippen molar-refractivity contribution in [2.45, 2.75) is 31.7 Å². The highest BCUT2D eigenvalue weighted by Gasteiger charge is 2.14. The molecule has 0 spiro atoms. The Morgan fingerprint density at radius 3 is 2.15 bits per heavy atom. The first-order valence-corrected chi connectivity index (χ1v) is 8.02. The predicted molar refractivity (Wildman–Crippen MR) is 77.7 cm³/mol. The fraction of sp³-hybridized carbons (Fsp3) is 0.462. The van der Waals surface area contributed by atoms with E-state index in [0.717, 1.165) is 5.56 Å². The molecule has 0 fully saturated rings. The van der Waals surface area contributed by atoms with Crippen LogP contribution in [0, 0.1) is 0 Å². The molecular formula is C13H21N3O3S. The number of primary sulfonamides is 1. The minimum atomic E-state index is -3.69. The number of nitrogens with one attached hydrogen (secondary N) is 1. The third-order valence-electron chi connectivity index (χ3n) is 3.10. The van der Waals surface area contributed by atoms with E-state index < -0.39 is 10.0 Å². The Bertz CT molecular complexity index is 551. The van der Waals surface area contributed by atoms with E-state index in [1.54, 1.807) is 17.0 Å². The van der Waals surface area contributed by atoms with Gasteiger partial charge in [0.2, 0.25) is 10.0 Å². The fourth-order valence-electron chi connectivity index (χ4n) is 1.82. The zero-order valence-corrected chi connectivity index (χ0v) is 12.8. The van der Waals surface area contributed by atoms with Gasteiger partial charge in [0, 0.05) is 13.1 Å². The zero-order chi connectivity index (χ0) is 15.3. The van der Waals surface area contributed by atoms with E-state index in [1.807, 2.05) is 20.8 Å². The lowest BCUT2D eigenvalue weighted by molar-refractivity contribution is 0.200. The molecule has 6 nitrogen and oxygen atoms in total. The second-order valence-electron chi connectivity index (χ2n) is 4.46. The van der Waals surface area contributed by atoms with Crippen molar-refractivity contribution in [2.75, 3.05) is 13.1 Å². The second-order valence-corrected chi connectivity index (χ2v) is 6.02. The molecule has 0 aliphatic rings. The van der Waals surface area contributed by atoms with Crippen molar-refractivity contribution in [2.24, 2.45) is 5.14 Å². The molecule has 7 heteroatoms. The largest absolute Gasteiger partial charge is 0.331 e. The first-order chi connectivity index (χ1) is 9.29. The fourth-order valence-corrected chi connectivity index (χ4v) is 2.33. The first kappa shape index (κ1) is 16.5. The van der Waals surface area contributed by atoms with Crippen LogP contribution in [0.25, 0.3) is 0 Å². The van der Waals surface area contributed by atoms with Crippen molar-refractivity contribution in [3.63, 3.8) is 0 Å². The highest BCUT2D eigenvalue weighted by molar-refractivity contribution is 7.89. The van der Waals surface area contributed by atoms with Crippen molar-refractivity contribution < 1.29 is 13.2 Å². The number of amides is 2. The summed E-state index contributed by atoms with van der Waals surface area (Å²) in [6, 6.07) is 5.81. The average molecular weight is 299 g/mol. The van der Waals surface area contributed by atoms with Crippen LogP contribution >= 0.6 is 0 Å². The van der Waals surface area contributed by atoms with Crippen LogP contribution in [0.4, 0.5) is 4.79 Å². The zero-order valence-electron chi connectivity index (χ0n) is 12.0. The van der Waals surface area contributed by atoms with Crippen LogP contribution in [-0.4, -0.2) is 32.4 Å². The van der Waals surface area contributed by atoms with Gasteiger partial charge in [-0.25, -0.2) is 18.4 Å². The molecule has 2 amide bonds. The molecule has 1 aromatic carbocycles. The van der Waals surface area contributed by atoms with Crippen LogP contribution in [-0.2, 0) is 10.0 Å². The quantitative estimate of drug-likeness (QED) is 0.861. The summed E-state index contributed by atoms with van der Waals surface area (Å²) in [4.78, 5) is 13.6. The van der Waals surface area contributed by atoms with Crippen LogP contribution in [0.3, 0.4) is 0 Å². The van der Waals surface area contributed by atoms with Gasteiger partial charge in [-0.05, 0) is 38.5 Å². The molecule has 0 aliphatic heterocycles. The Kier molecular flexibility index (Phi) is 5.52. The van der Waals surface area contributed by atoms with Gasteiger partial charge in [0.15, 0.2) is 0 Å². The molecule has 0 saturated heterocycles. The first-order valence-electron chi connectivity index (χ1n) is 6.47. The molecule has 3 N–H and O–H groups in total. The Morgan fingerprint density at radius 1 is 1.25 bits per heavy atom. The van der Waals surface area contributed by atoms with Crippen molar-refractivity contribution in [3.8, 4) is 0 Å². The number of urea groups is 1. The number of rotatable bonds is 5. The number of sulfonamides is 1. The summed E-state index contributed by atoms with van der Waals surface area (Å²) in [6.07, 6.45) is 0. The SMILES string of the molecule is CCN(CC)C(=O)NC(C)c1ccc(S(N)(=O)=O)cc1. The van der Waals surface area contributed by atoms with Gasteiger partial charge in [-0.2, -0.15) is 0 Å². The van der Waals surface area contributed by atoms with Gasteiger partial charge in [0.1, 0.15) is 0 Å². The van der Waals surface area contributed by atoms with E-state index in [9.17, 15) is 13.2 Å². The third kappa shape index (κ3) is 4.21. The molecule has 0 aromatic heterocycles. The normalized spacial score (nSPS) is 12.8. The van der Waals surface area contributed by atoms with Gasteiger partial charge in [-0.1, -0.05) is 12.1 Å². The van der Waals surface area contributed by atoms with Crippen LogP contribution < -0.4 is 10.5 Å². The van der Waals surface area contributed by atoms with Gasteiger partial charge in [0.25, 0.3) is 0 Å². The number of carbonyl (C=O) groups is 1. The number of hydrogen-bond acceptors (Lipinski definition) is 3. The van der Waals surface area contributed by atoms with Crippen LogP contribution in [0.15, 0.2) is 29.2 Å². The van der Waals surface area contributed by atoms with E-state index in [-0.39, 0.29) is 17.0 Å². The number of carbonyl (C=O) groups excluding carboxylic acids is 1. The monoisotopic (exact) mass is 299 g/mol. The molecule has 1 unspecified atom stereocenters. The summed E-state index contributed by atoms with van der Waals surface area (Å²) in [5.41, 5.74) is 0.818. The Balaban J connectivity index is 2.78. The minimum absolute atomic E-state index is 0.0588. The topological polar surface area (TPSA) is 92.5 Å². The molecule has 1 rings (SSSR count). The average Bonchev–Trinajstić information content (AvgIpc) is 2.39. The van der Waals surface area contributed by atoms with E-state index in [4.69, 9.17) is 5.14 Å². The number of nitrogens with two attached hydrogens (primary N) is 1. The van der Waals surface area contributed by atoms with Crippen molar-refractivity contribution in [3.05, 3.63) is 29.8 Å². The number of nitrogens with zero attached hydrogens (tertiary/aromatic N) is 1. The van der Waals surface area contributed by atoms with Crippen molar-refractivity contribution >= 4 is 16.1 Å². The maximum atomic E-state index is 11.9. The van der Waals surface area contributed by atoms with E-state index in [2.05, 4.69) is 5.32 Å². The molecule has 20 heavy (non-hydrogen) atoms. The lowest BCUT2D eigenvalue weighted by atomic mass is 10.1. The summed E-state index contributed by atoms with van der Waals surface area (Å²) in [5.74, 6) is 0. The Labute approximate surface area is 120 Å². The predicted octanol–water partition coefficient (Wildman–Crippen LogP) is 1.45. The smallest absolute Gasteiger partial charge is 0.317 e. The second kappa shape index (κ2) is 6.71. The van der Waals surface area contributed by atoms with Gasteiger partial charge >= 0.3 is 6.03 Å². The minimum Gasteiger partial charge on any atom is -0.331 e. The highest BCUT2D eigenvalue weighted by atomic mass is 32.2. The molecule has 0 saturated carbocycles. The van der Waals surface area contributed by atoms with Crippen LogP contribution in [0.2, 0.25) is 0 Å². The molecule has 0 heterocycles. The standard InChI is InChI=1S/C13H21N3O3S/c1-4-16(5-2)13(17)15-10(3)11-6-8-12(9-7-11)20(14,18)19/h6-10H,4-5H2,1-3H3,(H,15,17)(H2,14,18,19). The molecule has 1 aromatic rings. The summed E-state index contributed by atoms with van der Waals surface area (Å²) >= 11 is 0. The maximum absolute atomic E-state index is 11.9. The molecule has 0 radical (unpaired) electrons. The van der Waals surface area contributed by atoms with Crippen molar-refractivity contribution in [1.82, 2.24) is 10.2 Å². The highest BCUT2D eigenvalue weighted by Crippen LogP contribution is 2.15. The molecular weight excluding hydrogens is 278 g/mol. The number of hydrogen-bond donors (Lipinski definition) is 2. The lowest BCUT2D eigenvalue weighted by Crippen LogP contribution is -2.40. The van der Waals surface area contributed by atoms with Crippen LogP contribution in [0.1, 0.15) is 32.4 Å².